The van der Waals surface area contributed by atoms with Crippen LogP contribution in [0, 0.1) is 13.8 Å². The second kappa shape index (κ2) is 4.95. The van der Waals surface area contributed by atoms with Crippen molar-refractivity contribution in [2.75, 3.05) is 5.32 Å². The van der Waals surface area contributed by atoms with Crippen LogP contribution in [0.3, 0.4) is 0 Å². The molecule has 0 spiro atoms. The Bertz CT molecular complexity index is 593. The predicted molar refractivity (Wildman–Crippen MR) is 69.8 cm³/mol. The lowest BCUT2D eigenvalue weighted by Crippen LogP contribution is -2.14. The summed E-state index contributed by atoms with van der Waals surface area (Å²) in [6.07, 6.45) is 4.51. The SMILES string of the molecule is Cc1nc2c(c(NCc3noc(C)n3)n1)CCCC2. The molecule has 0 bridgehead atoms. The van der Waals surface area contributed by atoms with E-state index in [1.807, 2.05) is 6.92 Å². The van der Waals surface area contributed by atoms with Crippen LogP contribution >= 0.6 is 0 Å². The van der Waals surface area contributed by atoms with E-state index in [-0.39, 0.29) is 0 Å². The highest BCUT2D eigenvalue weighted by Crippen LogP contribution is 2.25. The van der Waals surface area contributed by atoms with Crippen LogP contribution in [0.5, 0.6) is 0 Å². The normalized spacial score (nSPS) is 14.2. The first-order valence-corrected chi connectivity index (χ1v) is 6.62. The number of hydrogen-bond acceptors (Lipinski definition) is 6. The van der Waals surface area contributed by atoms with Crippen LogP contribution < -0.4 is 5.32 Å². The lowest BCUT2D eigenvalue weighted by atomic mass is 9.96. The Hall–Kier alpha value is -1.98. The molecule has 1 aliphatic rings. The topological polar surface area (TPSA) is 76.7 Å². The van der Waals surface area contributed by atoms with Gasteiger partial charge in [-0.05, 0) is 32.6 Å². The van der Waals surface area contributed by atoms with Gasteiger partial charge in [-0.2, -0.15) is 4.98 Å². The molecule has 0 atom stereocenters. The number of aromatic nitrogens is 4. The largest absolute Gasteiger partial charge is 0.362 e. The zero-order chi connectivity index (χ0) is 13.2. The fourth-order valence-electron chi connectivity index (χ4n) is 2.44. The van der Waals surface area contributed by atoms with E-state index in [0.717, 1.165) is 24.5 Å². The first-order valence-electron chi connectivity index (χ1n) is 6.62. The van der Waals surface area contributed by atoms with Crippen molar-refractivity contribution < 1.29 is 4.52 Å². The van der Waals surface area contributed by atoms with Gasteiger partial charge in [-0.1, -0.05) is 5.16 Å². The van der Waals surface area contributed by atoms with Gasteiger partial charge in [-0.3, -0.25) is 0 Å². The van der Waals surface area contributed by atoms with E-state index >= 15 is 0 Å². The van der Waals surface area contributed by atoms with Crippen LogP contribution in [0.1, 0.15) is 41.6 Å². The number of hydrogen-bond donors (Lipinski definition) is 1. The van der Waals surface area contributed by atoms with Crippen LogP contribution in [-0.2, 0) is 19.4 Å². The summed E-state index contributed by atoms with van der Waals surface area (Å²) in [7, 11) is 0. The first-order chi connectivity index (χ1) is 9.22. The Morgan fingerprint density at radius 3 is 2.74 bits per heavy atom. The van der Waals surface area contributed by atoms with E-state index < -0.39 is 0 Å². The van der Waals surface area contributed by atoms with Crippen molar-refractivity contribution in [3.05, 3.63) is 28.8 Å². The van der Waals surface area contributed by atoms with Gasteiger partial charge in [-0.15, -0.1) is 0 Å². The Morgan fingerprint density at radius 2 is 1.95 bits per heavy atom. The van der Waals surface area contributed by atoms with Gasteiger partial charge in [0, 0.05) is 18.2 Å². The summed E-state index contributed by atoms with van der Waals surface area (Å²) in [5, 5.41) is 7.18. The van der Waals surface area contributed by atoms with Crippen molar-refractivity contribution in [1.82, 2.24) is 20.1 Å². The lowest BCUT2D eigenvalue weighted by molar-refractivity contribution is 0.388. The third kappa shape index (κ3) is 2.57. The Balaban J connectivity index is 1.82. The van der Waals surface area contributed by atoms with E-state index in [1.165, 1.54) is 24.1 Å². The van der Waals surface area contributed by atoms with Gasteiger partial charge in [0.05, 0.1) is 6.54 Å². The molecule has 0 unspecified atom stereocenters. The molecule has 1 N–H and O–H groups in total. The van der Waals surface area contributed by atoms with Crippen LogP contribution in [-0.4, -0.2) is 20.1 Å². The Kier molecular flexibility index (Phi) is 3.15. The average molecular weight is 259 g/mol. The molecule has 0 radical (unpaired) electrons. The lowest BCUT2D eigenvalue weighted by Gasteiger charge is -2.18. The van der Waals surface area contributed by atoms with Gasteiger partial charge in [0.15, 0.2) is 5.82 Å². The fourth-order valence-corrected chi connectivity index (χ4v) is 2.44. The van der Waals surface area contributed by atoms with Gasteiger partial charge in [0.25, 0.3) is 0 Å². The van der Waals surface area contributed by atoms with Gasteiger partial charge in [0.1, 0.15) is 11.6 Å². The molecule has 0 saturated heterocycles. The van der Waals surface area contributed by atoms with E-state index in [2.05, 4.69) is 25.4 Å². The minimum atomic E-state index is 0.528. The minimum absolute atomic E-state index is 0.528. The van der Waals surface area contributed by atoms with E-state index in [9.17, 15) is 0 Å². The number of fused-ring (bicyclic) bond motifs is 1. The second-order valence-electron chi connectivity index (χ2n) is 4.83. The summed E-state index contributed by atoms with van der Waals surface area (Å²) < 4.78 is 4.96. The molecule has 1 aliphatic carbocycles. The third-order valence-corrected chi connectivity index (χ3v) is 3.28. The van der Waals surface area contributed by atoms with Gasteiger partial charge < -0.3 is 9.84 Å². The quantitative estimate of drug-likeness (QED) is 0.908. The summed E-state index contributed by atoms with van der Waals surface area (Å²) >= 11 is 0. The van der Waals surface area contributed by atoms with Crippen molar-refractivity contribution >= 4 is 5.82 Å². The maximum absolute atomic E-state index is 4.96. The van der Waals surface area contributed by atoms with Gasteiger partial charge >= 0.3 is 0 Å². The molecule has 6 heteroatoms. The number of nitrogens with zero attached hydrogens (tertiary/aromatic N) is 4. The van der Waals surface area contributed by atoms with Crippen molar-refractivity contribution in [1.29, 1.82) is 0 Å². The molecule has 19 heavy (non-hydrogen) atoms. The van der Waals surface area contributed by atoms with E-state index in [4.69, 9.17) is 4.52 Å². The molecule has 0 fully saturated rings. The molecule has 6 nitrogen and oxygen atoms in total. The molecule has 0 saturated carbocycles. The zero-order valence-electron chi connectivity index (χ0n) is 11.2. The summed E-state index contributed by atoms with van der Waals surface area (Å²) in [4.78, 5) is 13.2. The van der Waals surface area contributed by atoms with Crippen LogP contribution in [0.15, 0.2) is 4.52 Å². The molecule has 2 heterocycles. The summed E-state index contributed by atoms with van der Waals surface area (Å²) in [5.74, 6) is 2.97. The third-order valence-electron chi connectivity index (χ3n) is 3.28. The molecule has 100 valence electrons. The zero-order valence-corrected chi connectivity index (χ0v) is 11.2. The van der Waals surface area contributed by atoms with Gasteiger partial charge in [-0.25, -0.2) is 9.97 Å². The van der Waals surface area contributed by atoms with Gasteiger partial charge in [0.2, 0.25) is 5.89 Å². The maximum atomic E-state index is 4.96. The highest BCUT2D eigenvalue weighted by Gasteiger charge is 2.17. The predicted octanol–water partition coefficient (Wildman–Crippen LogP) is 1.97. The number of aryl methyl sites for hydroxylation is 3. The van der Waals surface area contributed by atoms with Crippen molar-refractivity contribution in [2.45, 2.75) is 46.1 Å². The van der Waals surface area contributed by atoms with Crippen LogP contribution in [0.4, 0.5) is 5.82 Å². The van der Waals surface area contributed by atoms with Crippen molar-refractivity contribution in [3.63, 3.8) is 0 Å². The minimum Gasteiger partial charge on any atom is -0.362 e. The van der Waals surface area contributed by atoms with E-state index in [0.29, 0.717) is 18.3 Å². The molecule has 0 aromatic carbocycles. The van der Waals surface area contributed by atoms with Crippen molar-refractivity contribution in [2.24, 2.45) is 0 Å². The molecular formula is C13H17N5O. The monoisotopic (exact) mass is 259 g/mol. The molecular weight excluding hydrogens is 242 g/mol. The highest BCUT2D eigenvalue weighted by atomic mass is 16.5. The fraction of sp³-hybridized carbons (Fsp3) is 0.538. The molecule has 2 aromatic rings. The summed E-state index contributed by atoms with van der Waals surface area (Å²) in [6.45, 7) is 4.24. The second-order valence-corrected chi connectivity index (χ2v) is 4.83. The van der Waals surface area contributed by atoms with Crippen molar-refractivity contribution in [3.8, 4) is 0 Å². The Morgan fingerprint density at radius 1 is 1.11 bits per heavy atom. The summed E-state index contributed by atoms with van der Waals surface area (Å²) in [5.41, 5.74) is 2.43. The number of nitrogens with one attached hydrogen (secondary N) is 1. The highest BCUT2D eigenvalue weighted by molar-refractivity contribution is 5.47. The maximum Gasteiger partial charge on any atom is 0.223 e. The number of rotatable bonds is 3. The van der Waals surface area contributed by atoms with Crippen LogP contribution in [0.25, 0.3) is 0 Å². The summed E-state index contributed by atoms with van der Waals surface area (Å²) in [6, 6.07) is 0. The average Bonchev–Trinajstić information content (AvgIpc) is 2.81. The van der Waals surface area contributed by atoms with Crippen LogP contribution in [0.2, 0.25) is 0 Å². The molecule has 2 aromatic heterocycles. The molecule has 0 aliphatic heterocycles. The first kappa shape index (κ1) is 12.1. The standard InChI is InChI=1S/C13H17N5O/c1-8-15-11-6-4-3-5-10(11)13(16-8)14-7-12-17-9(2)19-18-12/h3-7H2,1-2H3,(H,14,15,16). The Labute approximate surface area is 111 Å². The molecule has 0 amide bonds. The van der Waals surface area contributed by atoms with E-state index in [1.54, 1.807) is 6.92 Å². The smallest absolute Gasteiger partial charge is 0.223 e. The molecule has 3 rings (SSSR count). The number of anilines is 1.